The highest BCUT2D eigenvalue weighted by atomic mass is 19.3. The van der Waals surface area contributed by atoms with Crippen molar-refractivity contribution in [2.45, 2.75) is 24.8 Å². The van der Waals surface area contributed by atoms with Gasteiger partial charge in [0, 0.05) is 24.4 Å². The summed E-state index contributed by atoms with van der Waals surface area (Å²) in [4.78, 5) is 29.9. The molecule has 1 saturated heterocycles. The van der Waals surface area contributed by atoms with Crippen LogP contribution in [0.3, 0.4) is 0 Å². The van der Waals surface area contributed by atoms with Crippen LogP contribution in [0.4, 0.5) is 8.78 Å². The maximum absolute atomic E-state index is 13.6. The third kappa shape index (κ3) is 5.27. The fourth-order valence-electron chi connectivity index (χ4n) is 3.50. The van der Waals surface area contributed by atoms with Gasteiger partial charge in [-0.3, -0.25) is 14.6 Å². The van der Waals surface area contributed by atoms with Crippen LogP contribution in [0.15, 0.2) is 49.3 Å². The van der Waals surface area contributed by atoms with Gasteiger partial charge in [0.1, 0.15) is 11.8 Å². The number of carbonyl (C=O) groups is 2. The third-order valence-corrected chi connectivity index (χ3v) is 5.19. The molecule has 1 aliphatic heterocycles. The quantitative estimate of drug-likeness (QED) is 0.714. The van der Waals surface area contributed by atoms with Crippen LogP contribution in [-0.2, 0) is 11.2 Å². The predicted molar refractivity (Wildman–Crippen MR) is 113 cm³/mol. The van der Waals surface area contributed by atoms with Crippen molar-refractivity contribution in [2.75, 3.05) is 20.2 Å². The minimum Gasteiger partial charge on any atom is -0.497 e. The van der Waals surface area contributed by atoms with Crippen LogP contribution in [0.25, 0.3) is 5.57 Å². The number of pyridine rings is 1. The average Bonchev–Trinajstić information content (AvgIpc) is 3.12. The Labute approximate surface area is 184 Å². The molecule has 1 aromatic heterocycles. The minimum absolute atomic E-state index is 0.297. The fraction of sp³-hybridized carbons (Fsp3) is 0.304. The number of likely N-dealkylation sites (tertiary alicyclic amines) is 1. The monoisotopic (exact) mass is 440 g/mol. The molecule has 1 aromatic carbocycles. The van der Waals surface area contributed by atoms with E-state index in [1.807, 2.05) is 12.1 Å². The molecule has 2 aromatic rings. The maximum Gasteiger partial charge on any atom is 0.268 e. The van der Waals surface area contributed by atoms with E-state index in [9.17, 15) is 18.4 Å². The number of ether oxygens (including phenoxy) is 1. The molecule has 2 heterocycles. The Balaban J connectivity index is 1.66. The van der Waals surface area contributed by atoms with Crippen molar-refractivity contribution >= 4 is 17.4 Å². The fourth-order valence-corrected chi connectivity index (χ4v) is 3.50. The van der Waals surface area contributed by atoms with Crippen LogP contribution in [0, 0.1) is 11.3 Å². The van der Waals surface area contributed by atoms with Gasteiger partial charge in [-0.15, -0.1) is 0 Å². The lowest BCUT2D eigenvalue weighted by atomic mass is 9.97. The van der Waals surface area contributed by atoms with E-state index in [1.54, 1.807) is 25.3 Å². The summed E-state index contributed by atoms with van der Waals surface area (Å²) >= 11 is 0. The highest BCUT2D eigenvalue weighted by Gasteiger charge is 2.47. The van der Waals surface area contributed by atoms with E-state index in [2.05, 4.69) is 16.9 Å². The van der Waals surface area contributed by atoms with Gasteiger partial charge in [0.15, 0.2) is 0 Å². The summed E-state index contributed by atoms with van der Waals surface area (Å²) in [5, 5.41) is 11.5. The normalized spacial score (nSPS) is 16.8. The van der Waals surface area contributed by atoms with Gasteiger partial charge in [-0.25, -0.2) is 8.78 Å². The van der Waals surface area contributed by atoms with E-state index < -0.39 is 43.3 Å². The first-order valence-corrected chi connectivity index (χ1v) is 9.84. The summed E-state index contributed by atoms with van der Waals surface area (Å²) in [5.74, 6) is -3.68. The van der Waals surface area contributed by atoms with Gasteiger partial charge in [-0.2, -0.15) is 5.26 Å². The van der Waals surface area contributed by atoms with E-state index in [0.717, 1.165) is 16.0 Å². The Morgan fingerprint density at radius 3 is 2.72 bits per heavy atom. The molecule has 0 spiro atoms. The number of rotatable bonds is 7. The molecule has 0 saturated carbocycles. The lowest BCUT2D eigenvalue weighted by molar-refractivity contribution is -0.131. The second-order valence-corrected chi connectivity index (χ2v) is 7.45. The highest BCUT2D eigenvalue weighted by Crippen LogP contribution is 2.31. The molecule has 0 aliphatic carbocycles. The molecule has 7 nitrogen and oxygen atoms in total. The van der Waals surface area contributed by atoms with Crippen LogP contribution in [0.5, 0.6) is 5.75 Å². The summed E-state index contributed by atoms with van der Waals surface area (Å²) in [6, 6.07) is 9.33. The van der Waals surface area contributed by atoms with Crippen molar-refractivity contribution in [1.29, 1.82) is 5.26 Å². The number of benzene rings is 1. The lowest BCUT2D eigenvalue weighted by Gasteiger charge is -2.19. The van der Waals surface area contributed by atoms with Crippen molar-refractivity contribution < 1.29 is 23.1 Å². The number of allylic oxidation sites excluding steroid dienone is 1. The topological polar surface area (TPSA) is 95.3 Å². The van der Waals surface area contributed by atoms with Crippen molar-refractivity contribution in [3.63, 3.8) is 0 Å². The number of nitrogens with zero attached hydrogens (tertiary/aromatic N) is 3. The molecule has 166 valence electrons. The third-order valence-electron chi connectivity index (χ3n) is 5.19. The number of hydrogen-bond donors (Lipinski definition) is 1. The summed E-state index contributed by atoms with van der Waals surface area (Å²) in [5.41, 5.74) is 2.52. The molecular weight excluding hydrogens is 418 g/mol. The van der Waals surface area contributed by atoms with Gasteiger partial charge in [-0.05, 0) is 41.3 Å². The Kier molecular flexibility index (Phi) is 6.83. The number of hydrogen-bond acceptors (Lipinski definition) is 5. The molecule has 3 rings (SSSR count). The maximum atomic E-state index is 13.6. The van der Waals surface area contributed by atoms with E-state index in [-0.39, 0.29) is 0 Å². The Bertz CT molecular complexity index is 1060. The molecule has 9 heteroatoms. The van der Waals surface area contributed by atoms with Crippen molar-refractivity contribution in [1.82, 2.24) is 15.2 Å². The SMILES string of the molecule is C=C(Cc1cnccc1C(=O)NCC(=O)N1CC(F)(F)C[C@H]1C#N)c1ccc(OC)cc1. The van der Waals surface area contributed by atoms with Gasteiger partial charge in [0.2, 0.25) is 5.91 Å². The first-order chi connectivity index (χ1) is 15.2. The molecule has 1 atom stereocenters. The molecule has 1 fully saturated rings. The van der Waals surface area contributed by atoms with E-state index >= 15 is 0 Å². The molecular formula is C23H22F2N4O3. The van der Waals surface area contributed by atoms with Gasteiger partial charge in [0.25, 0.3) is 11.8 Å². The van der Waals surface area contributed by atoms with Gasteiger partial charge >= 0.3 is 0 Å². The van der Waals surface area contributed by atoms with Gasteiger partial charge < -0.3 is 15.0 Å². The predicted octanol–water partition coefficient (Wildman–Crippen LogP) is 2.84. The van der Waals surface area contributed by atoms with Crippen molar-refractivity contribution in [2.24, 2.45) is 0 Å². The molecule has 0 bridgehead atoms. The van der Waals surface area contributed by atoms with Crippen LogP contribution >= 0.6 is 0 Å². The van der Waals surface area contributed by atoms with E-state index in [4.69, 9.17) is 10.00 Å². The summed E-state index contributed by atoms with van der Waals surface area (Å²) in [6.07, 6.45) is 2.62. The number of amides is 2. The summed E-state index contributed by atoms with van der Waals surface area (Å²) in [6.45, 7) is 2.75. The van der Waals surface area contributed by atoms with Crippen LogP contribution in [0.2, 0.25) is 0 Å². The number of aromatic nitrogens is 1. The zero-order valence-electron chi connectivity index (χ0n) is 17.5. The molecule has 0 radical (unpaired) electrons. The summed E-state index contributed by atoms with van der Waals surface area (Å²) in [7, 11) is 1.57. The standard InChI is InChI=1S/C23H22F2N4O3/c1-15(16-3-5-19(32-2)6-4-16)9-17-12-27-8-7-20(17)22(31)28-13-21(30)29-14-23(24,25)10-18(29)11-26/h3-8,12,18H,1,9-10,13-14H2,2H3,(H,28,31)/t18-/m0/s1. The van der Waals surface area contributed by atoms with Crippen LogP contribution < -0.4 is 10.1 Å². The number of carbonyl (C=O) groups excluding carboxylic acids is 2. The number of alkyl halides is 2. The highest BCUT2D eigenvalue weighted by molar-refractivity contribution is 5.98. The largest absolute Gasteiger partial charge is 0.497 e. The summed E-state index contributed by atoms with van der Waals surface area (Å²) < 4.78 is 32.3. The lowest BCUT2D eigenvalue weighted by Crippen LogP contribution is -2.43. The molecule has 2 amide bonds. The number of methoxy groups -OCH3 is 1. The zero-order valence-corrected chi connectivity index (χ0v) is 17.5. The second-order valence-electron chi connectivity index (χ2n) is 7.45. The minimum atomic E-state index is -3.11. The number of halogens is 2. The number of nitriles is 1. The zero-order chi connectivity index (χ0) is 23.3. The Morgan fingerprint density at radius 1 is 1.34 bits per heavy atom. The van der Waals surface area contributed by atoms with E-state index in [1.165, 1.54) is 18.5 Å². The Hall–Kier alpha value is -3.80. The number of nitrogens with one attached hydrogen (secondary N) is 1. The smallest absolute Gasteiger partial charge is 0.268 e. The molecule has 0 unspecified atom stereocenters. The Morgan fingerprint density at radius 2 is 2.06 bits per heavy atom. The average molecular weight is 440 g/mol. The van der Waals surface area contributed by atoms with Crippen molar-refractivity contribution in [3.05, 3.63) is 66.0 Å². The van der Waals surface area contributed by atoms with Gasteiger partial charge in [-0.1, -0.05) is 18.7 Å². The van der Waals surface area contributed by atoms with Crippen molar-refractivity contribution in [3.8, 4) is 11.8 Å². The van der Waals surface area contributed by atoms with Gasteiger partial charge in [0.05, 0.1) is 26.3 Å². The second kappa shape index (κ2) is 9.56. The molecule has 1 aliphatic rings. The first-order valence-electron chi connectivity index (χ1n) is 9.84. The molecule has 1 N–H and O–H groups in total. The first kappa shape index (κ1) is 22.9. The van der Waals surface area contributed by atoms with Crippen LogP contribution in [-0.4, -0.2) is 53.9 Å². The van der Waals surface area contributed by atoms with Crippen LogP contribution in [0.1, 0.15) is 27.9 Å². The molecule has 32 heavy (non-hydrogen) atoms. The van der Waals surface area contributed by atoms with E-state index in [0.29, 0.717) is 23.3 Å².